The number of rotatable bonds is 3. The van der Waals surface area contributed by atoms with E-state index in [0.29, 0.717) is 12.0 Å². The van der Waals surface area contributed by atoms with Crippen molar-refractivity contribution in [2.75, 3.05) is 7.05 Å². The van der Waals surface area contributed by atoms with Crippen LogP contribution in [-0.4, -0.2) is 24.0 Å². The lowest BCUT2D eigenvalue weighted by Crippen LogP contribution is -2.39. The molecule has 0 amide bonds. The van der Waals surface area contributed by atoms with Crippen LogP contribution in [0.3, 0.4) is 0 Å². The maximum Gasteiger partial charge on any atom is 0.0145 e. The van der Waals surface area contributed by atoms with Gasteiger partial charge in [0.2, 0.25) is 0 Å². The Hall–Kier alpha value is -1.60. The van der Waals surface area contributed by atoms with Gasteiger partial charge in [-0.2, -0.15) is 0 Å². The van der Waals surface area contributed by atoms with Crippen LogP contribution >= 0.6 is 0 Å². The van der Waals surface area contributed by atoms with Crippen LogP contribution in [0.2, 0.25) is 0 Å². The minimum absolute atomic E-state index is 0.558. The molecule has 2 aromatic carbocycles. The smallest absolute Gasteiger partial charge is 0.0145 e. The highest BCUT2D eigenvalue weighted by Crippen LogP contribution is 2.40. The van der Waals surface area contributed by atoms with Gasteiger partial charge in [-0.15, -0.1) is 0 Å². The Morgan fingerprint density at radius 1 is 0.857 bits per heavy atom. The van der Waals surface area contributed by atoms with E-state index in [0.717, 1.165) is 6.04 Å². The molecule has 2 aliphatic carbocycles. The van der Waals surface area contributed by atoms with Crippen molar-refractivity contribution >= 4 is 0 Å². The molecule has 1 fully saturated rings. The van der Waals surface area contributed by atoms with Crippen LogP contribution in [0, 0.1) is 0 Å². The number of benzene rings is 2. The van der Waals surface area contributed by atoms with Gasteiger partial charge in [-0.1, -0.05) is 54.6 Å². The Kier molecular flexibility index (Phi) is 3.31. The van der Waals surface area contributed by atoms with E-state index < -0.39 is 0 Å². The van der Waals surface area contributed by atoms with Crippen molar-refractivity contribution in [1.82, 2.24) is 4.90 Å². The second-order valence-electron chi connectivity index (χ2n) is 6.65. The fraction of sp³-hybridized carbons (Fsp3) is 0.400. The first-order chi connectivity index (χ1) is 10.3. The van der Waals surface area contributed by atoms with E-state index in [-0.39, 0.29) is 0 Å². The Bertz CT molecular complexity index is 615. The lowest BCUT2D eigenvalue weighted by molar-refractivity contribution is 0.205. The van der Waals surface area contributed by atoms with Crippen LogP contribution in [0.25, 0.3) is 0 Å². The van der Waals surface area contributed by atoms with Gasteiger partial charge in [0.25, 0.3) is 0 Å². The molecule has 2 aromatic rings. The van der Waals surface area contributed by atoms with Gasteiger partial charge < -0.3 is 4.90 Å². The van der Waals surface area contributed by atoms with E-state index in [1.54, 1.807) is 11.1 Å². The summed E-state index contributed by atoms with van der Waals surface area (Å²) >= 11 is 0. The molecule has 0 heterocycles. The average Bonchev–Trinajstić information content (AvgIpc) is 3.39. The van der Waals surface area contributed by atoms with Crippen LogP contribution < -0.4 is 0 Å². The Morgan fingerprint density at radius 2 is 1.57 bits per heavy atom. The monoisotopic (exact) mass is 277 g/mol. The van der Waals surface area contributed by atoms with Crippen molar-refractivity contribution in [3.05, 3.63) is 71.3 Å². The molecule has 0 saturated heterocycles. The lowest BCUT2D eigenvalue weighted by atomic mass is 9.76. The molecule has 2 atom stereocenters. The third-order valence-electron chi connectivity index (χ3n) is 5.29. The van der Waals surface area contributed by atoms with Crippen molar-refractivity contribution in [3.63, 3.8) is 0 Å². The molecule has 1 nitrogen and oxygen atoms in total. The summed E-state index contributed by atoms with van der Waals surface area (Å²) in [5, 5.41) is 0. The molecule has 1 heteroatoms. The zero-order chi connectivity index (χ0) is 14.2. The largest absolute Gasteiger partial charge is 0.300 e. The first-order valence-electron chi connectivity index (χ1n) is 8.17. The molecule has 4 rings (SSSR count). The number of hydrogen-bond donors (Lipinski definition) is 0. The highest BCUT2D eigenvalue weighted by atomic mass is 15.2. The van der Waals surface area contributed by atoms with Crippen molar-refractivity contribution in [1.29, 1.82) is 0 Å². The summed E-state index contributed by atoms with van der Waals surface area (Å²) in [5.74, 6) is 0.558. The quantitative estimate of drug-likeness (QED) is 0.811. The number of nitrogens with zero attached hydrogens (tertiary/aromatic N) is 1. The minimum atomic E-state index is 0.558. The summed E-state index contributed by atoms with van der Waals surface area (Å²) in [7, 11) is 2.33. The summed E-state index contributed by atoms with van der Waals surface area (Å²) < 4.78 is 0. The third-order valence-corrected chi connectivity index (χ3v) is 5.29. The molecule has 0 aromatic heterocycles. The number of hydrogen-bond acceptors (Lipinski definition) is 1. The first-order valence-corrected chi connectivity index (χ1v) is 8.17. The fourth-order valence-electron chi connectivity index (χ4n) is 3.89. The van der Waals surface area contributed by atoms with E-state index in [1.165, 1.54) is 31.2 Å². The average molecular weight is 277 g/mol. The second-order valence-corrected chi connectivity index (χ2v) is 6.65. The van der Waals surface area contributed by atoms with Crippen LogP contribution in [0.4, 0.5) is 0 Å². The first kappa shape index (κ1) is 13.1. The molecule has 0 radical (unpaired) electrons. The Morgan fingerprint density at radius 3 is 2.33 bits per heavy atom. The molecule has 0 bridgehead atoms. The summed E-state index contributed by atoms with van der Waals surface area (Å²) in [6, 6.07) is 21.6. The van der Waals surface area contributed by atoms with Crippen molar-refractivity contribution in [3.8, 4) is 0 Å². The van der Waals surface area contributed by atoms with Crippen LogP contribution in [-0.2, 0) is 6.42 Å². The normalized spacial score (nSPS) is 24.9. The van der Waals surface area contributed by atoms with Gasteiger partial charge in [-0.05, 0) is 49.4 Å². The van der Waals surface area contributed by atoms with Crippen LogP contribution in [0.15, 0.2) is 54.6 Å². The van der Waals surface area contributed by atoms with E-state index >= 15 is 0 Å². The SMILES string of the molecule is CN(C1CC1)C1Cc2ccccc2C(c2ccccc2)C1. The third kappa shape index (κ3) is 2.51. The van der Waals surface area contributed by atoms with Crippen molar-refractivity contribution in [2.45, 2.75) is 43.7 Å². The van der Waals surface area contributed by atoms with Gasteiger partial charge in [0, 0.05) is 18.0 Å². The zero-order valence-corrected chi connectivity index (χ0v) is 12.7. The minimum Gasteiger partial charge on any atom is -0.300 e. The zero-order valence-electron chi connectivity index (χ0n) is 12.7. The van der Waals surface area contributed by atoms with Gasteiger partial charge in [0.1, 0.15) is 0 Å². The molecule has 2 aliphatic rings. The second kappa shape index (κ2) is 5.31. The number of likely N-dealkylation sites (N-methyl/N-ethyl adjacent to an activating group) is 1. The summed E-state index contributed by atoms with van der Waals surface area (Å²) in [6.07, 6.45) is 5.26. The predicted molar refractivity (Wildman–Crippen MR) is 87.6 cm³/mol. The molecule has 0 spiro atoms. The maximum absolute atomic E-state index is 2.64. The van der Waals surface area contributed by atoms with Crippen molar-refractivity contribution < 1.29 is 0 Å². The van der Waals surface area contributed by atoms with E-state index in [1.807, 2.05) is 0 Å². The lowest BCUT2D eigenvalue weighted by Gasteiger charge is -2.37. The molecule has 0 aliphatic heterocycles. The van der Waals surface area contributed by atoms with Gasteiger partial charge in [0.05, 0.1) is 0 Å². The van der Waals surface area contributed by atoms with Gasteiger partial charge in [-0.3, -0.25) is 0 Å². The molecule has 1 saturated carbocycles. The van der Waals surface area contributed by atoms with E-state index in [4.69, 9.17) is 0 Å². The predicted octanol–water partition coefficient (Wildman–Crippen LogP) is 4.23. The number of fused-ring (bicyclic) bond motifs is 1. The Labute approximate surface area is 127 Å². The summed E-state index contributed by atoms with van der Waals surface area (Å²) in [6.45, 7) is 0. The molecule has 2 unspecified atom stereocenters. The summed E-state index contributed by atoms with van der Waals surface area (Å²) in [4.78, 5) is 2.64. The highest BCUT2D eigenvalue weighted by Gasteiger charge is 2.35. The highest BCUT2D eigenvalue weighted by molar-refractivity contribution is 5.41. The van der Waals surface area contributed by atoms with E-state index in [9.17, 15) is 0 Å². The standard InChI is InChI=1S/C20H23N/c1-21(17-11-12-17)18-13-16-9-5-6-10-19(16)20(14-18)15-7-3-2-4-8-15/h2-10,17-18,20H,11-14H2,1H3. The fourth-order valence-corrected chi connectivity index (χ4v) is 3.89. The van der Waals surface area contributed by atoms with Crippen LogP contribution in [0.1, 0.15) is 41.9 Å². The van der Waals surface area contributed by atoms with Gasteiger partial charge in [-0.25, -0.2) is 0 Å². The maximum atomic E-state index is 2.64. The van der Waals surface area contributed by atoms with Gasteiger partial charge in [0.15, 0.2) is 0 Å². The summed E-state index contributed by atoms with van der Waals surface area (Å²) in [5.41, 5.74) is 4.57. The molecule has 108 valence electrons. The van der Waals surface area contributed by atoms with Gasteiger partial charge >= 0.3 is 0 Å². The Balaban J connectivity index is 1.70. The van der Waals surface area contributed by atoms with Crippen LogP contribution in [0.5, 0.6) is 0 Å². The van der Waals surface area contributed by atoms with E-state index in [2.05, 4.69) is 66.5 Å². The molecular weight excluding hydrogens is 254 g/mol. The topological polar surface area (TPSA) is 3.24 Å². The van der Waals surface area contributed by atoms with Crippen molar-refractivity contribution in [2.24, 2.45) is 0 Å². The molecular formula is C20H23N. The molecule has 0 N–H and O–H groups in total. The molecule has 21 heavy (non-hydrogen) atoms.